The van der Waals surface area contributed by atoms with E-state index >= 15 is 0 Å². The number of carboxylic acids is 1. The number of ether oxygens (including phenoxy) is 3. The Morgan fingerprint density at radius 1 is 0.660 bits per heavy atom. The van der Waals surface area contributed by atoms with E-state index in [9.17, 15) is 19.5 Å². The van der Waals surface area contributed by atoms with Gasteiger partial charge in [-0.3, -0.25) is 9.59 Å². The zero-order valence-electron chi connectivity index (χ0n) is 30.2. The number of unbranched alkanes of at least 4 members (excludes halogenated alkanes) is 9. The highest BCUT2D eigenvalue weighted by Crippen LogP contribution is 2.12. The Labute approximate surface area is 286 Å². The van der Waals surface area contributed by atoms with Crippen LogP contribution < -0.4 is 0 Å². The Balaban J connectivity index is 4.56. The van der Waals surface area contributed by atoms with Crippen LogP contribution in [0.3, 0.4) is 0 Å². The third kappa shape index (κ3) is 28.9. The molecule has 0 aliphatic heterocycles. The summed E-state index contributed by atoms with van der Waals surface area (Å²) < 4.78 is 17.1. The van der Waals surface area contributed by atoms with Crippen molar-refractivity contribution in [3.8, 4) is 0 Å². The number of rotatable bonds is 30. The number of likely N-dealkylation sites (N-methyl/N-ethyl adjacent to an activating group) is 1. The molecule has 0 fully saturated rings. The second-order valence-corrected chi connectivity index (χ2v) is 12.8. The van der Waals surface area contributed by atoms with Gasteiger partial charge in [-0.2, -0.15) is 0 Å². The molecule has 0 saturated heterocycles. The topological polar surface area (TPSA) is 99.1 Å². The molecule has 0 heterocycles. The average Bonchev–Trinajstić information content (AvgIpc) is 3.01. The lowest BCUT2D eigenvalue weighted by Gasteiger charge is -2.31. The van der Waals surface area contributed by atoms with Crippen LogP contribution in [-0.2, 0) is 28.6 Å². The van der Waals surface area contributed by atoms with E-state index in [1.54, 1.807) is 0 Å². The van der Waals surface area contributed by atoms with Gasteiger partial charge in [-0.15, -0.1) is 0 Å². The molecule has 0 aromatic carbocycles. The molecular formula is C39H66NO7+. The molecule has 1 N–H and O–H groups in total. The Hall–Kier alpha value is -2.97. The number of carbonyl (C=O) groups excluding carboxylic acids is 2. The maximum absolute atomic E-state index is 12.6. The number of quaternary nitrogens is 1. The first-order valence-electron chi connectivity index (χ1n) is 17.9. The van der Waals surface area contributed by atoms with Gasteiger partial charge in [0.15, 0.2) is 12.1 Å². The summed E-state index contributed by atoms with van der Waals surface area (Å²) in [5, 5.41) is 9.56. The molecule has 2 atom stereocenters. The average molecular weight is 661 g/mol. The third-order valence-corrected chi connectivity index (χ3v) is 7.50. The van der Waals surface area contributed by atoms with E-state index in [0.717, 1.165) is 70.6 Å². The van der Waals surface area contributed by atoms with Crippen LogP contribution in [0.4, 0.5) is 0 Å². The number of hydrogen-bond acceptors (Lipinski definition) is 6. The number of hydrogen-bond donors (Lipinski definition) is 1. The summed E-state index contributed by atoms with van der Waals surface area (Å²) in [6.07, 6.45) is 34.1. The molecule has 0 aliphatic rings. The fourth-order valence-corrected chi connectivity index (χ4v) is 4.67. The van der Waals surface area contributed by atoms with Gasteiger partial charge in [-0.1, -0.05) is 107 Å². The molecule has 0 bridgehead atoms. The maximum Gasteiger partial charge on any atom is 0.362 e. The zero-order chi connectivity index (χ0) is 35.0. The minimum atomic E-state index is -0.887. The van der Waals surface area contributed by atoms with E-state index in [2.05, 4.69) is 38.2 Å². The van der Waals surface area contributed by atoms with Gasteiger partial charge < -0.3 is 23.8 Å². The molecule has 2 unspecified atom stereocenters. The van der Waals surface area contributed by atoms with Gasteiger partial charge in [0.05, 0.1) is 34.4 Å². The first-order valence-corrected chi connectivity index (χ1v) is 17.9. The molecule has 8 heteroatoms. The molecule has 47 heavy (non-hydrogen) atoms. The van der Waals surface area contributed by atoms with E-state index in [1.807, 2.05) is 57.6 Å². The Morgan fingerprint density at radius 2 is 1.21 bits per heavy atom. The lowest BCUT2D eigenvalue weighted by molar-refractivity contribution is -0.887. The summed E-state index contributed by atoms with van der Waals surface area (Å²) in [4.78, 5) is 36.6. The van der Waals surface area contributed by atoms with Crippen LogP contribution in [-0.4, -0.2) is 80.6 Å². The highest BCUT2D eigenvalue weighted by Gasteiger charge is 2.31. The van der Waals surface area contributed by atoms with E-state index in [-0.39, 0.29) is 36.2 Å². The van der Waals surface area contributed by atoms with Crippen LogP contribution in [0, 0.1) is 0 Å². The van der Waals surface area contributed by atoms with Crippen LogP contribution >= 0.6 is 0 Å². The summed E-state index contributed by atoms with van der Waals surface area (Å²) >= 11 is 0. The van der Waals surface area contributed by atoms with Crippen molar-refractivity contribution in [3.63, 3.8) is 0 Å². The van der Waals surface area contributed by atoms with Crippen molar-refractivity contribution in [2.45, 2.75) is 129 Å². The van der Waals surface area contributed by atoms with Crippen LogP contribution in [0.1, 0.15) is 117 Å². The van der Waals surface area contributed by atoms with Crippen molar-refractivity contribution >= 4 is 17.9 Å². The Kier molecular flexibility index (Phi) is 28.4. The second kappa shape index (κ2) is 30.4. The minimum Gasteiger partial charge on any atom is -0.477 e. The molecule has 0 rings (SSSR count). The van der Waals surface area contributed by atoms with Gasteiger partial charge in [-0.05, 0) is 51.4 Å². The van der Waals surface area contributed by atoms with Crippen molar-refractivity contribution < 1.29 is 38.2 Å². The molecule has 0 aromatic rings. The number of allylic oxidation sites excluding steroid dienone is 10. The number of carbonyl (C=O) groups is 3. The highest BCUT2D eigenvalue weighted by atomic mass is 16.6. The SMILES string of the molecule is CC/C=C/C=C/C=C/C=C/CCCCCC(=O)OCC(COCCC(C(=O)O)[N+](C)(C)C)OC(=O)CCCCCC/C=C/CCCC. The first kappa shape index (κ1) is 44.0. The van der Waals surface area contributed by atoms with Gasteiger partial charge in [0, 0.05) is 19.3 Å². The lowest BCUT2D eigenvalue weighted by Crippen LogP contribution is -2.50. The molecule has 0 radical (unpaired) electrons. The lowest BCUT2D eigenvalue weighted by atomic mass is 10.1. The van der Waals surface area contributed by atoms with Gasteiger partial charge in [0.25, 0.3) is 0 Å². The summed E-state index contributed by atoms with van der Waals surface area (Å²) in [5.41, 5.74) is 0. The minimum absolute atomic E-state index is 0.0406. The summed E-state index contributed by atoms with van der Waals surface area (Å²) in [6.45, 7) is 4.45. The molecule has 0 aliphatic carbocycles. The molecule has 0 spiro atoms. The van der Waals surface area contributed by atoms with E-state index in [4.69, 9.17) is 14.2 Å². The molecule has 0 saturated carbocycles. The zero-order valence-corrected chi connectivity index (χ0v) is 30.2. The summed E-state index contributed by atoms with van der Waals surface area (Å²) in [5.74, 6) is -1.55. The number of carboxylic acid groups (broad SMARTS) is 1. The molecule has 8 nitrogen and oxygen atoms in total. The monoisotopic (exact) mass is 660 g/mol. The van der Waals surface area contributed by atoms with Crippen molar-refractivity contribution in [1.29, 1.82) is 0 Å². The predicted molar refractivity (Wildman–Crippen MR) is 192 cm³/mol. The Morgan fingerprint density at radius 3 is 1.83 bits per heavy atom. The number of aliphatic carboxylic acids is 1. The standard InChI is InChI=1S/C39H65NO7/c1-6-8-10-12-14-16-18-19-20-22-23-25-27-29-37(41)46-34-35(33-45-32-31-36(39(43)44)40(3,4)5)47-38(42)30-28-26-24-21-17-15-13-11-9-7-2/h8,10,12-16,18-20,35-36H,6-7,9,11,17,21-34H2,1-5H3/p+1/b10-8+,14-12+,15-13+,18-16+,20-19+. The molecule has 0 aromatic heterocycles. The van der Waals surface area contributed by atoms with Crippen LogP contribution in [0.5, 0.6) is 0 Å². The van der Waals surface area contributed by atoms with Gasteiger partial charge in [0.2, 0.25) is 0 Å². The van der Waals surface area contributed by atoms with Gasteiger partial charge in [0.1, 0.15) is 6.61 Å². The van der Waals surface area contributed by atoms with Crippen molar-refractivity contribution in [2.24, 2.45) is 0 Å². The van der Waals surface area contributed by atoms with Crippen molar-refractivity contribution in [2.75, 3.05) is 41.0 Å². The molecule has 268 valence electrons. The van der Waals surface area contributed by atoms with Gasteiger partial charge in [-0.25, -0.2) is 4.79 Å². The fraction of sp³-hybridized carbons (Fsp3) is 0.667. The second-order valence-electron chi connectivity index (χ2n) is 12.8. The summed E-state index contributed by atoms with van der Waals surface area (Å²) in [7, 11) is 5.48. The number of nitrogens with zero attached hydrogens (tertiary/aromatic N) is 1. The van der Waals surface area contributed by atoms with Crippen molar-refractivity contribution in [1.82, 2.24) is 0 Å². The third-order valence-electron chi connectivity index (χ3n) is 7.50. The smallest absolute Gasteiger partial charge is 0.362 e. The maximum atomic E-state index is 12.6. The predicted octanol–water partition coefficient (Wildman–Crippen LogP) is 8.68. The van der Waals surface area contributed by atoms with Crippen LogP contribution in [0.15, 0.2) is 60.8 Å². The highest BCUT2D eigenvalue weighted by molar-refractivity contribution is 5.72. The largest absolute Gasteiger partial charge is 0.477 e. The molecular weight excluding hydrogens is 594 g/mol. The van der Waals surface area contributed by atoms with Gasteiger partial charge >= 0.3 is 17.9 Å². The van der Waals surface area contributed by atoms with Crippen LogP contribution in [0.25, 0.3) is 0 Å². The fourth-order valence-electron chi connectivity index (χ4n) is 4.67. The van der Waals surface area contributed by atoms with E-state index in [1.165, 1.54) is 12.8 Å². The normalized spacial score (nSPS) is 13.8. The quantitative estimate of drug-likeness (QED) is 0.0271. The Bertz CT molecular complexity index is 959. The molecule has 0 amide bonds. The summed E-state index contributed by atoms with van der Waals surface area (Å²) in [6, 6.07) is -0.622. The van der Waals surface area contributed by atoms with E-state index < -0.39 is 18.1 Å². The van der Waals surface area contributed by atoms with Crippen molar-refractivity contribution in [3.05, 3.63) is 60.8 Å². The number of esters is 2. The van der Waals surface area contributed by atoms with E-state index in [0.29, 0.717) is 19.3 Å². The first-order chi connectivity index (χ1) is 22.6. The van der Waals surface area contributed by atoms with Crippen LogP contribution in [0.2, 0.25) is 0 Å².